The lowest BCUT2D eigenvalue weighted by atomic mass is 10.1. The second-order valence-electron chi connectivity index (χ2n) is 5.87. The van der Waals surface area contributed by atoms with Gasteiger partial charge in [0.05, 0.1) is 0 Å². The van der Waals surface area contributed by atoms with Crippen LogP contribution in [0.1, 0.15) is 29.5 Å². The van der Waals surface area contributed by atoms with Crippen molar-refractivity contribution in [3.05, 3.63) is 70.5 Å². The summed E-state index contributed by atoms with van der Waals surface area (Å²) in [6.45, 7) is 0. The Kier molecular flexibility index (Phi) is 4.53. The van der Waals surface area contributed by atoms with Crippen LogP contribution in [0.3, 0.4) is 0 Å². The van der Waals surface area contributed by atoms with E-state index in [1.54, 1.807) is 6.07 Å². The van der Waals surface area contributed by atoms with Gasteiger partial charge in [-0.25, -0.2) is 4.39 Å². The Labute approximate surface area is 143 Å². The van der Waals surface area contributed by atoms with Gasteiger partial charge >= 0.3 is 0 Å². The fraction of sp³-hybridized carbons (Fsp3) is 0.222. The molecule has 0 aliphatic heterocycles. The molecule has 2 amide bonds. The number of carbonyl (C=O) groups excluding carboxylic acids is 2. The first-order valence-electron chi connectivity index (χ1n) is 7.57. The molecule has 0 heterocycles. The third kappa shape index (κ3) is 3.41. The van der Waals surface area contributed by atoms with E-state index < -0.39 is 17.8 Å². The number of hydrogen-bond acceptors (Lipinski definition) is 2. The molecule has 1 fully saturated rings. The summed E-state index contributed by atoms with van der Waals surface area (Å²) in [6, 6.07) is 11.7. The van der Waals surface area contributed by atoms with Gasteiger partial charge in [-0.05, 0) is 41.7 Å². The van der Waals surface area contributed by atoms with Crippen molar-refractivity contribution in [1.82, 2.24) is 5.32 Å². The number of nitrogens with one attached hydrogen (secondary N) is 1. The van der Waals surface area contributed by atoms with Crippen molar-refractivity contribution in [2.24, 2.45) is 11.7 Å². The molecular formula is C18H16ClFN2O2. The molecule has 0 saturated heterocycles. The molecule has 3 atom stereocenters. The standard InChI is InChI=1S/C18H16ClFN2O2/c19-15-4-2-1-3-12(15)13-9-14(13)18(24)22-16(17(21)23)10-5-7-11(20)8-6-10/h1-8,13-14,16H,9H2,(H2,21,23)(H,22,24). The van der Waals surface area contributed by atoms with Crippen molar-refractivity contribution in [1.29, 1.82) is 0 Å². The summed E-state index contributed by atoms with van der Waals surface area (Å²) in [5.41, 5.74) is 6.76. The first kappa shape index (κ1) is 16.5. The van der Waals surface area contributed by atoms with Crippen LogP contribution in [0, 0.1) is 11.7 Å². The quantitative estimate of drug-likeness (QED) is 0.873. The highest BCUT2D eigenvalue weighted by atomic mass is 35.5. The average molecular weight is 347 g/mol. The Morgan fingerprint density at radius 3 is 2.46 bits per heavy atom. The van der Waals surface area contributed by atoms with Gasteiger partial charge in [-0.2, -0.15) is 0 Å². The molecule has 2 aromatic carbocycles. The van der Waals surface area contributed by atoms with E-state index in [1.807, 2.05) is 18.2 Å². The molecule has 1 saturated carbocycles. The zero-order valence-corrected chi connectivity index (χ0v) is 13.5. The summed E-state index contributed by atoms with van der Waals surface area (Å²) in [5.74, 6) is -1.57. The van der Waals surface area contributed by atoms with Gasteiger partial charge in [-0.15, -0.1) is 0 Å². The Morgan fingerprint density at radius 1 is 1.17 bits per heavy atom. The smallest absolute Gasteiger partial charge is 0.244 e. The Morgan fingerprint density at radius 2 is 1.83 bits per heavy atom. The second kappa shape index (κ2) is 6.61. The highest BCUT2D eigenvalue weighted by Gasteiger charge is 2.45. The number of nitrogens with two attached hydrogens (primary N) is 1. The summed E-state index contributed by atoms with van der Waals surface area (Å²) >= 11 is 6.15. The van der Waals surface area contributed by atoms with Crippen LogP contribution in [0.2, 0.25) is 5.02 Å². The van der Waals surface area contributed by atoms with Crippen LogP contribution in [0.5, 0.6) is 0 Å². The zero-order valence-electron chi connectivity index (χ0n) is 12.7. The Bertz CT molecular complexity index is 779. The van der Waals surface area contributed by atoms with Gasteiger partial charge in [-0.3, -0.25) is 9.59 Å². The molecule has 0 bridgehead atoms. The van der Waals surface area contributed by atoms with Gasteiger partial charge in [0.1, 0.15) is 11.9 Å². The number of halogens is 2. The van der Waals surface area contributed by atoms with Crippen LogP contribution >= 0.6 is 11.6 Å². The van der Waals surface area contributed by atoms with E-state index in [0.29, 0.717) is 17.0 Å². The first-order valence-corrected chi connectivity index (χ1v) is 7.94. The van der Waals surface area contributed by atoms with Crippen molar-refractivity contribution in [2.45, 2.75) is 18.4 Å². The maximum absolute atomic E-state index is 13.0. The predicted molar refractivity (Wildman–Crippen MR) is 88.8 cm³/mol. The molecule has 1 aliphatic rings. The summed E-state index contributed by atoms with van der Waals surface area (Å²) in [6.07, 6.45) is 0.671. The molecule has 3 rings (SSSR count). The third-order valence-corrected chi connectivity index (χ3v) is 4.55. The van der Waals surface area contributed by atoms with E-state index in [-0.39, 0.29) is 17.7 Å². The Balaban J connectivity index is 1.70. The highest BCUT2D eigenvalue weighted by Crippen LogP contribution is 2.49. The number of rotatable bonds is 5. The molecule has 3 N–H and O–H groups in total. The van der Waals surface area contributed by atoms with Crippen LogP contribution in [0.4, 0.5) is 4.39 Å². The molecule has 24 heavy (non-hydrogen) atoms. The number of hydrogen-bond donors (Lipinski definition) is 2. The Hall–Kier alpha value is -2.40. The largest absolute Gasteiger partial charge is 0.368 e. The summed E-state index contributed by atoms with van der Waals surface area (Å²) in [5, 5.41) is 3.28. The van der Waals surface area contributed by atoms with Crippen molar-refractivity contribution in [3.63, 3.8) is 0 Å². The SMILES string of the molecule is NC(=O)C(NC(=O)C1CC1c1ccccc1Cl)c1ccc(F)cc1. The molecule has 2 aromatic rings. The normalized spacial score (nSPS) is 20.2. The zero-order chi connectivity index (χ0) is 17.3. The summed E-state index contributed by atoms with van der Waals surface area (Å²) in [4.78, 5) is 24.1. The minimum absolute atomic E-state index is 0.0421. The fourth-order valence-corrected chi connectivity index (χ4v) is 3.10. The lowest BCUT2D eigenvalue weighted by molar-refractivity contribution is -0.128. The van der Waals surface area contributed by atoms with Crippen molar-refractivity contribution < 1.29 is 14.0 Å². The number of carbonyl (C=O) groups is 2. The van der Waals surface area contributed by atoms with Gasteiger partial charge in [0.15, 0.2) is 0 Å². The van der Waals surface area contributed by atoms with Crippen molar-refractivity contribution in [2.75, 3.05) is 0 Å². The van der Waals surface area contributed by atoms with Crippen molar-refractivity contribution >= 4 is 23.4 Å². The van der Waals surface area contributed by atoms with Crippen LogP contribution in [0.15, 0.2) is 48.5 Å². The van der Waals surface area contributed by atoms with E-state index in [9.17, 15) is 14.0 Å². The molecule has 0 aromatic heterocycles. The van der Waals surface area contributed by atoms with Gasteiger partial charge < -0.3 is 11.1 Å². The predicted octanol–water partition coefficient (Wildman–Crippen LogP) is 2.93. The first-order chi connectivity index (χ1) is 11.5. The van der Waals surface area contributed by atoms with Gasteiger partial charge in [0, 0.05) is 10.9 Å². The van der Waals surface area contributed by atoms with Gasteiger partial charge in [0.2, 0.25) is 11.8 Å². The van der Waals surface area contributed by atoms with Crippen molar-refractivity contribution in [3.8, 4) is 0 Å². The monoisotopic (exact) mass is 346 g/mol. The lowest BCUT2D eigenvalue weighted by Crippen LogP contribution is -2.38. The molecule has 3 unspecified atom stereocenters. The number of benzene rings is 2. The number of primary amides is 1. The van der Waals surface area contributed by atoms with E-state index in [0.717, 1.165) is 5.56 Å². The maximum atomic E-state index is 13.0. The minimum Gasteiger partial charge on any atom is -0.368 e. The van der Waals surface area contributed by atoms with Crippen LogP contribution in [0.25, 0.3) is 0 Å². The molecule has 6 heteroatoms. The topological polar surface area (TPSA) is 72.2 Å². The molecular weight excluding hydrogens is 331 g/mol. The second-order valence-corrected chi connectivity index (χ2v) is 6.27. The van der Waals surface area contributed by atoms with E-state index >= 15 is 0 Å². The van der Waals surface area contributed by atoms with E-state index in [1.165, 1.54) is 24.3 Å². The average Bonchev–Trinajstić information content (AvgIpc) is 3.34. The van der Waals surface area contributed by atoms with E-state index in [2.05, 4.69) is 5.32 Å². The molecule has 0 spiro atoms. The highest BCUT2D eigenvalue weighted by molar-refractivity contribution is 6.31. The fourth-order valence-electron chi connectivity index (χ4n) is 2.83. The molecule has 1 aliphatic carbocycles. The summed E-state index contributed by atoms with van der Waals surface area (Å²) in [7, 11) is 0. The maximum Gasteiger partial charge on any atom is 0.244 e. The minimum atomic E-state index is -0.981. The summed E-state index contributed by atoms with van der Waals surface area (Å²) < 4.78 is 13.0. The van der Waals surface area contributed by atoms with Gasteiger partial charge in [-0.1, -0.05) is 41.9 Å². The third-order valence-electron chi connectivity index (χ3n) is 4.21. The van der Waals surface area contributed by atoms with Crippen LogP contribution in [-0.2, 0) is 9.59 Å². The van der Waals surface area contributed by atoms with Gasteiger partial charge in [0.25, 0.3) is 0 Å². The molecule has 0 radical (unpaired) electrons. The molecule has 4 nitrogen and oxygen atoms in total. The van der Waals surface area contributed by atoms with Crippen LogP contribution < -0.4 is 11.1 Å². The number of amides is 2. The van der Waals surface area contributed by atoms with E-state index in [4.69, 9.17) is 17.3 Å². The van der Waals surface area contributed by atoms with Crippen LogP contribution in [-0.4, -0.2) is 11.8 Å². The lowest BCUT2D eigenvalue weighted by Gasteiger charge is -2.16. The molecule has 124 valence electrons.